The average molecular weight is 369 g/mol. The molecular formula is C21H27N3O3. The molecule has 6 heteroatoms. The van der Waals surface area contributed by atoms with Crippen LogP contribution in [-0.4, -0.2) is 31.5 Å². The number of hydrogen-bond acceptors (Lipinski definition) is 4. The number of carbonyl (C=O) groups excluding carboxylic acids is 2. The lowest BCUT2D eigenvalue weighted by atomic mass is 10.1. The van der Waals surface area contributed by atoms with E-state index in [-0.39, 0.29) is 17.9 Å². The largest absolute Gasteiger partial charge is 0.495 e. The molecular weight excluding hydrogens is 342 g/mol. The molecule has 0 saturated carbocycles. The third-order valence-corrected chi connectivity index (χ3v) is 4.00. The number of rotatable bonds is 8. The highest BCUT2D eigenvalue weighted by molar-refractivity contribution is 6.05. The molecule has 2 amide bonds. The van der Waals surface area contributed by atoms with Crippen LogP contribution in [-0.2, 0) is 4.79 Å². The SMILES string of the molecule is COc1ccccc1NC(=O)c1ccc(NC(=O)[C@H](C)NCC(C)C)cc1. The van der Waals surface area contributed by atoms with Crippen molar-refractivity contribution in [1.82, 2.24) is 5.32 Å². The second-order valence-corrected chi connectivity index (χ2v) is 6.74. The number of nitrogens with one attached hydrogen (secondary N) is 3. The van der Waals surface area contributed by atoms with Gasteiger partial charge in [-0.1, -0.05) is 26.0 Å². The molecule has 3 N–H and O–H groups in total. The number of benzene rings is 2. The zero-order chi connectivity index (χ0) is 19.8. The van der Waals surface area contributed by atoms with Crippen molar-refractivity contribution in [1.29, 1.82) is 0 Å². The van der Waals surface area contributed by atoms with Gasteiger partial charge in [0.15, 0.2) is 0 Å². The van der Waals surface area contributed by atoms with E-state index in [1.807, 2.05) is 19.1 Å². The number of amides is 2. The zero-order valence-corrected chi connectivity index (χ0v) is 16.2. The van der Waals surface area contributed by atoms with Gasteiger partial charge in [-0.25, -0.2) is 0 Å². The fourth-order valence-electron chi connectivity index (χ4n) is 2.40. The standard InChI is InChI=1S/C21H27N3O3/c1-14(2)13-22-15(3)20(25)23-17-11-9-16(10-12-17)21(26)24-18-7-5-6-8-19(18)27-4/h5-12,14-15,22H,13H2,1-4H3,(H,23,25)(H,24,26)/t15-/m0/s1. The summed E-state index contributed by atoms with van der Waals surface area (Å²) in [4.78, 5) is 24.6. The number of anilines is 2. The van der Waals surface area contributed by atoms with E-state index >= 15 is 0 Å². The molecule has 0 saturated heterocycles. The van der Waals surface area contributed by atoms with E-state index in [1.54, 1.807) is 43.5 Å². The maximum Gasteiger partial charge on any atom is 0.255 e. The quantitative estimate of drug-likeness (QED) is 0.665. The van der Waals surface area contributed by atoms with Gasteiger partial charge in [-0.3, -0.25) is 9.59 Å². The third-order valence-electron chi connectivity index (χ3n) is 4.00. The molecule has 0 aliphatic carbocycles. The fourth-order valence-corrected chi connectivity index (χ4v) is 2.40. The molecule has 6 nitrogen and oxygen atoms in total. The van der Waals surface area contributed by atoms with Crippen LogP contribution in [0, 0.1) is 5.92 Å². The minimum Gasteiger partial charge on any atom is -0.495 e. The molecule has 0 aliphatic heterocycles. The lowest BCUT2D eigenvalue weighted by Crippen LogP contribution is -2.39. The van der Waals surface area contributed by atoms with E-state index < -0.39 is 0 Å². The van der Waals surface area contributed by atoms with Gasteiger partial charge in [0.05, 0.1) is 18.8 Å². The maximum absolute atomic E-state index is 12.4. The van der Waals surface area contributed by atoms with Crippen LogP contribution in [0.4, 0.5) is 11.4 Å². The summed E-state index contributed by atoms with van der Waals surface area (Å²) in [5.41, 5.74) is 1.74. The summed E-state index contributed by atoms with van der Waals surface area (Å²) in [6.45, 7) is 6.78. The van der Waals surface area contributed by atoms with E-state index in [2.05, 4.69) is 29.8 Å². The third kappa shape index (κ3) is 6.11. The molecule has 0 bridgehead atoms. The number of para-hydroxylation sites is 2. The molecule has 0 unspecified atom stereocenters. The van der Waals surface area contributed by atoms with Crippen molar-refractivity contribution in [3.8, 4) is 5.75 Å². The zero-order valence-electron chi connectivity index (χ0n) is 16.2. The van der Waals surface area contributed by atoms with E-state index in [1.165, 1.54) is 0 Å². The molecule has 0 aliphatic rings. The van der Waals surface area contributed by atoms with Gasteiger partial charge in [0.25, 0.3) is 5.91 Å². The first-order valence-corrected chi connectivity index (χ1v) is 8.99. The van der Waals surface area contributed by atoms with Crippen LogP contribution in [0.15, 0.2) is 48.5 Å². The van der Waals surface area contributed by atoms with Crippen LogP contribution in [0.3, 0.4) is 0 Å². The molecule has 0 radical (unpaired) electrons. The highest BCUT2D eigenvalue weighted by atomic mass is 16.5. The van der Waals surface area contributed by atoms with Gasteiger partial charge in [-0.15, -0.1) is 0 Å². The van der Waals surface area contributed by atoms with E-state index in [0.717, 1.165) is 6.54 Å². The highest BCUT2D eigenvalue weighted by Gasteiger charge is 2.13. The first-order chi connectivity index (χ1) is 12.9. The monoisotopic (exact) mass is 369 g/mol. The number of carbonyl (C=O) groups is 2. The maximum atomic E-state index is 12.4. The summed E-state index contributed by atoms with van der Waals surface area (Å²) in [5.74, 6) is 0.713. The molecule has 27 heavy (non-hydrogen) atoms. The van der Waals surface area contributed by atoms with Crippen molar-refractivity contribution in [3.63, 3.8) is 0 Å². The van der Waals surface area contributed by atoms with Gasteiger partial charge in [0.1, 0.15) is 5.75 Å². The lowest BCUT2D eigenvalue weighted by Gasteiger charge is -2.15. The summed E-state index contributed by atoms with van der Waals surface area (Å²) >= 11 is 0. The minimum atomic E-state index is -0.291. The van der Waals surface area contributed by atoms with Crippen molar-refractivity contribution < 1.29 is 14.3 Å². The Morgan fingerprint density at radius 3 is 2.26 bits per heavy atom. The van der Waals surface area contributed by atoms with Gasteiger partial charge in [-0.05, 0) is 55.8 Å². The second-order valence-electron chi connectivity index (χ2n) is 6.74. The van der Waals surface area contributed by atoms with E-state index in [4.69, 9.17) is 4.74 Å². The normalized spacial score (nSPS) is 11.7. The van der Waals surface area contributed by atoms with Crippen LogP contribution >= 0.6 is 0 Å². The lowest BCUT2D eigenvalue weighted by molar-refractivity contribution is -0.117. The topological polar surface area (TPSA) is 79.5 Å². The molecule has 0 heterocycles. The number of methoxy groups -OCH3 is 1. The Morgan fingerprint density at radius 1 is 0.963 bits per heavy atom. The van der Waals surface area contributed by atoms with E-state index in [0.29, 0.717) is 28.6 Å². The molecule has 0 spiro atoms. The Labute approximate surface area is 160 Å². The van der Waals surface area contributed by atoms with Crippen LogP contribution in [0.25, 0.3) is 0 Å². The summed E-state index contributed by atoms with van der Waals surface area (Å²) in [7, 11) is 1.56. The van der Waals surface area contributed by atoms with Crippen molar-refractivity contribution >= 4 is 23.2 Å². The van der Waals surface area contributed by atoms with Crippen LogP contribution < -0.4 is 20.7 Å². The highest BCUT2D eigenvalue weighted by Crippen LogP contribution is 2.23. The Morgan fingerprint density at radius 2 is 1.63 bits per heavy atom. The van der Waals surface area contributed by atoms with Gasteiger partial charge in [-0.2, -0.15) is 0 Å². The Kier molecular flexibility index (Phi) is 7.37. The van der Waals surface area contributed by atoms with Crippen molar-refractivity contribution in [2.45, 2.75) is 26.8 Å². The summed E-state index contributed by atoms with van der Waals surface area (Å²) in [6, 6.07) is 13.7. The van der Waals surface area contributed by atoms with Gasteiger partial charge in [0, 0.05) is 11.3 Å². The van der Waals surface area contributed by atoms with Crippen LogP contribution in [0.2, 0.25) is 0 Å². The predicted octanol–water partition coefficient (Wildman–Crippen LogP) is 3.52. The molecule has 144 valence electrons. The van der Waals surface area contributed by atoms with Gasteiger partial charge in [0.2, 0.25) is 5.91 Å². The van der Waals surface area contributed by atoms with Crippen molar-refractivity contribution in [2.75, 3.05) is 24.3 Å². The molecule has 2 aromatic rings. The fraction of sp³-hybridized carbons (Fsp3) is 0.333. The van der Waals surface area contributed by atoms with Crippen LogP contribution in [0.5, 0.6) is 5.75 Å². The molecule has 2 rings (SSSR count). The molecule has 1 atom stereocenters. The minimum absolute atomic E-state index is 0.109. The molecule has 2 aromatic carbocycles. The molecule has 0 aromatic heterocycles. The van der Waals surface area contributed by atoms with Gasteiger partial charge < -0.3 is 20.7 Å². The number of hydrogen-bond donors (Lipinski definition) is 3. The second kappa shape index (κ2) is 9.73. The first-order valence-electron chi connectivity index (χ1n) is 8.99. The van der Waals surface area contributed by atoms with Gasteiger partial charge >= 0.3 is 0 Å². The van der Waals surface area contributed by atoms with Crippen LogP contribution in [0.1, 0.15) is 31.1 Å². The van der Waals surface area contributed by atoms with Crippen molar-refractivity contribution in [2.24, 2.45) is 5.92 Å². The molecule has 0 fully saturated rings. The summed E-state index contributed by atoms with van der Waals surface area (Å²) < 4.78 is 5.23. The Bertz CT molecular complexity index is 772. The first kappa shape index (κ1) is 20.5. The smallest absolute Gasteiger partial charge is 0.255 e. The Hall–Kier alpha value is -2.86. The van der Waals surface area contributed by atoms with E-state index in [9.17, 15) is 9.59 Å². The average Bonchev–Trinajstić information content (AvgIpc) is 2.66. The number of ether oxygens (including phenoxy) is 1. The van der Waals surface area contributed by atoms with Crippen molar-refractivity contribution in [3.05, 3.63) is 54.1 Å². The predicted molar refractivity (Wildman–Crippen MR) is 108 cm³/mol. The summed E-state index contributed by atoms with van der Waals surface area (Å²) in [6.07, 6.45) is 0. The Balaban J connectivity index is 1.96. The summed E-state index contributed by atoms with van der Waals surface area (Å²) in [5, 5.41) is 8.85.